The first-order chi connectivity index (χ1) is 18.5. The Kier molecular flexibility index (Phi) is 7.73. The average molecular weight is 522 g/mol. The molecule has 38 heavy (non-hydrogen) atoms. The topological polar surface area (TPSA) is 104 Å². The van der Waals surface area contributed by atoms with Crippen LogP contribution in [0, 0.1) is 5.82 Å². The zero-order valence-electron chi connectivity index (χ0n) is 21.5. The number of aromatic nitrogens is 3. The Bertz CT molecular complexity index is 1400. The molecular formula is C28H32FN5O4. The fourth-order valence-electron chi connectivity index (χ4n) is 5.07. The fraction of sp³-hybridized carbons (Fsp3) is 0.357. The molecule has 3 heterocycles. The Morgan fingerprint density at radius 1 is 1.08 bits per heavy atom. The summed E-state index contributed by atoms with van der Waals surface area (Å²) in [4.78, 5) is 6.51. The van der Waals surface area contributed by atoms with Crippen molar-refractivity contribution < 1.29 is 24.1 Å². The monoisotopic (exact) mass is 521 g/mol. The van der Waals surface area contributed by atoms with E-state index in [-0.39, 0.29) is 18.3 Å². The number of likely N-dealkylation sites (tertiary alicyclic amines) is 1. The third-order valence-electron chi connectivity index (χ3n) is 7.05. The van der Waals surface area contributed by atoms with Crippen LogP contribution < -0.4 is 14.8 Å². The smallest absolute Gasteiger partial charge is 0.245 e. The van der Waals surface area contributed by atoms with Crippen molar-refractivity contribution in [3.8, 4) is 22.8 Å². The summed E-state index contributed by atoms with van der Waals surface area (Å²) in [6, 6.07) is 14.8. The maximum absolute atomic E-state index is 15.3. The minimum Gasteiger partial charge on any atom is -0.496 e. The van der Waals surface area contributed by atoms with Gasteiger partial charge in [0.1, 0.15) is 17.3 Å². The van der Waals surface area contributed by atoms with Gasteiger partial charge in [-0.15, -0.1) is 5.10 Å². The zero-order chi connectivity index (χ0) is 26.6. The van der Waals surface area contributed by atoms with Crippen molar-refractivity contribution in [2.45, 2.75) is 24.9 Å². The Labute approximate surface area is 220 Å². The van der Waals surface area contributed by atoms with Crippen LogP contribution in [0.5, 0.6) is 11.5 Å². The van der Waals surface area contributed by atoms with Crippen molar-refractivity contribution in [3.05, 3.63) is 66.1 Å². The van der Waals surface area contributed by atoms with Gasteiger partial charge in [0.2, 0.25) is 5.95 Å². The van der Waals surface area contributed by atoms with Crippen LogP contribution in [-0.2, 0) is 0 Å². The van der Waals surface area contributed by atoms with E-state index in [9.17, 15) is 5.11 Å². The molecule has 9 nitrogen and oxygen atoms in total. The number of β-amino-alcohol motifs (C(OH)–C–C–N with tert-alkyl or cyclic N) is 1. The lowest BCUT2D eigenvalue weighted by atomic mass is 9.88. The van der Waals surface area contributed by atoms with Gasteiger partial charge in [-0.2, -0.15) is 0 Å². The number of halogens is 1. The van der Waals surface area contributed by atoms with Crippen molar-refractivity contribution in [3.63, 3.8) is 0 Å². The summed E-state index contributed by atoms with van der Waals surface area (Å²) in [6.45, 7) is 1.61. The Hall–Kier alpha value is -3.73. The molecule has 0 aliphatic carbocycles. The molecular weight excluding hydrogens is 489 g/mol. The van der Waals surface area contributed by atoms with E-state index in [0.717, 1.165) is 48.5 Å². The number of nitrogens with zero attached hydrogens (tertiary/aromatic N) is 4. The molecule has 1 aliphatic rings. The van der Waals surface area contributed by atoms with Gasteiger partial charge in [-0.05, 0) is 67.7 Å². The summed E-state index contributed by atoms with van der Waals surface area (Å²) >= 11 is 0. The number of piperidine rings is 1. The van der Waals surface area contributed by atoms with Crippen LogP contribution in [-0.4, -0.2) is 76.3 Å². The maximum atomic E-state index is 15.3. The van der Waals surface area contributed by atoms with Gasteiger partial charge in [-0.25, -0.2) is 13.9 Å². The standard InChI is InChI=1S/C28H32FN5O4/c1-37-26-6-4-3-5-21(26)25-8-7-19-15-30-28(32-34(19)25)31-24-14-23(29)22(13-27(24)38-2)18-9-11-33(12-10-18)16-20(36)17-35/h3-8,13-15,18,20,35-36H,9-12,16-17H2,1-2H3,(H,31,32)/t20-/m1/s1. The minimum atomic E-state index is -0.757. The molecule has 0 unspecified atom stereocenters. The number of ether oxygens (including phenoxy) is 2. The molecule has 2 aromatic heterocycles. The predicted molar refractivity (Wildman–Crippen MR) is 143 cm³/mol. The maximum Gasteiger partial charge on any atom is 0.245 e. The van der Waals surface area contributed by atoms with Crippen molar-refractivity contribution in [2.24, 2.45) is 0 Å². The van der Waals surface area contributed by atoms with Crippen LogP contribution in [0.1, 0.15) is 24.3 Å². The number of aliphatic hydroxyl groups is 2. The fourth-order valence-corrected chi connectivity index (χ4v) is 5.07. The van der Waals surface area contributed by atoms with Gasteiger partial charge in [-0.1, -0.05) is 12.1 Å². The van der Waals surface area contributed by atoms with Gasteiger partial charge in [-0.3, -0.25) is 0 Å². The van der Waals surface area contributed by atoms with E-state index >= 15 is 4.39 Å². The highest BCUT2D eigenvalue weighted by molar-refractivity contribution is 5.72. The van der Waals surface area contributed by atoms with Crippen molar-refractivity contribution >= 4 is 17.2 Å². The number of methoxy groups -OCH3 is 2. The first kappa shape index (κ1) is 25.9. The third kappa shape index (κ3) is 5.28. The van der Waals surface area contributed by atoms with E-state index in [2.05, 4.69) is 20.3 Å². The van der Waals surface area contributed by atoms with E-state index in [0.29, 0.717) is 29.5 Å². The lowest BCUT2D eigenvalue weighted by Gasteiger charge is -2.33. The molecule has 0 amide bonds. The third-order valence-corrected chi connectivity index (χ3v) is 7.05. The Balaban J connectivity index is 1.38. The molecule has 5 rings (SSSR count). The molecule has 1 aliphatic heterocycles. The highest BCUT2D eigenvalue weighted by Crippen LogP contribution is 2.37. The normalized spacial score (nSPS) is 15.5. The molecule has 0 bridgehead atoms. The lowest BCUT2D eigenvalue weighted by Crippen LogP contribution is -2.39. The second kappa shape index (κ2) is 11.3. The van der Waals surface area contributed by atoms with Gasteiger partial charge < -0.3 is 29.9 Å². The van der Waals surface area contributed by atoms with E-state index < -0.39 is 6.10 Å². The predicted octanol–water partition coefficient (Wildman–Crippen LogP) is 3.83. The molecule has 0 radical (unpaired) electrons. The molecule has 0 saturated carbocycles. The summed E-state index contributed by atoms with van der Waals surface area (Å²) in [5.41, 5.74) is 3.58. The van der Waals surface area contributed by atoms with Gasteiger partial charge in [0.15, 0.2) is 0 Å². The number of rotatable bonds is 9. The summed E-state index contributed by atoms with van der Waals surface area (Å²) < 4.78 is 28.2. The van der Waals surface area contributed by atoms with E-state index in [1.807, 2.05) is 36.4 Å². The van der Waals surface area contributed by atoms with Gasteiger partial charge >= 0.3 is 0 Å². The molecule has 10 heteroatoms. The number of fused-ring (bicyclic) bond motifs is 1. The minimum absolute atomic E-state index is 0.0383. The summed E-state index contributed by atoms with van der Waals surface area (Å²) in [5.74, 6) is 1.25. The quantitative estimate of drug-likeness (QED) is 0.305. The molecule has 0 spiro atoms. The number of anilines is 2. The Morgan fingerprint density at radius 2 is 1.84 bits per heavy atom. The van der Waals surface area contributed by atoms with Crippen LogP contribution in [0.25, 0.3) is 16.8 Å². The molecule has 1 atom stereocenters. The van der Waals surface area contributed by atoms with Crippen molar-refractivity contribution in [2.75, 3.05) is 45.8 Å². The molecule has 200 valence electrons. The second-order valence-corrected chi connectivity index (χ2v) is 9.45. The first-order valence-corrected chi connectivity index (χ1v) is 12.6. The Morgan fingerprint density at radius 3 is 2.58 bits per heavy atom. The van der Waals surface area contributed by atoms with Crippen LogP contribution in [0.3, 0.4) is 0 Å². The first-order valence-electron chi connectivity index (χ1n) is 12.6. The van der Waals surface area contributed by atoms with Gasteiger partial charge in [0, 0.05) is 18.2 Å². The van der Waals surface area contributed by atoms with Crippen LogP contribution in [0.4, 0.5) is 16.0 Å². The summed E-state index contributed by atoms with van der Waals surface area (Å²) in [7, 11) is 3.18. The zero-order valence-corrected chi connectivity index (χ0v) is 21.5. The molecule has 4 aromatic rings. The number of aliphatic hydroxyl groups excluding tert-OH is 2. The van der Waals surface area contributed by atoms with E-state index in [4.69, 9.17) is 14.6 Å². The highest BCUT2D eigenvalue weighted by atomic mass is 19.1. The number of hydrogen-bond acceptors (Lipinski definition) is 8. The molecule has 2 aromatic carbocycles. The van der Waals surface area contributed by atoms with E-state index in [1.165, 1.54) is 6.07 Å². The van der Waals surface area contributed by atoms with E-state index in [1.54, 1.807) is 31.0 Å². The van der Waals surface area contributed by atoms with Crippen molar-refractivity contribution in [1.29, 1.82) is 0 Å². The number of benzene rings is 2. The SMILES string of the molecule is COc1cc(C2CCN(C[C@@H](O)CO)CC2)c(F)cc1Nc1ncc2ccc(-c3ccccc3OC)n2n1. The number of hydrogen-bond donors (Lipinski definition) is 3. The van der Waals surface area contributed by atoms with Crippen LogP contribution in [0.15, 0.2) is 54.7 Å². The van der Waals surface area contributed by atoms with Crippen LogP contribution >= 0.6 is 0 Å². The van der Waals surface area contributed by atoms with Crippen molar-refractivity contribution in [1.82, 2.24) is 19.5 Å². The highest BCUT2D eigenvalue weighted by Gasteiger charge is 2.25. The molecule has 1 fully saturated rings. The molecule has 3 N–H and O–H groups in total. The number of para-hydroxylation sites is 1. The largest absolute Gasteiger partial charge is 0.496 e. The van der Waals surface area contributed by atoms with Gasteiger partial charge in [0.25, 0.3) is 0 Å². The lowest BCUT2D eigenvalue weighted by molar-refractivity contribution is 0.0511. The number of nitrogens with one attached hydrogen (secondary N) is 1. The average Bonchev–Trinajstić information content (AvgIpc) is 3.36. The summed E-state index contributed by atoms with van der Waals surface area (Å²) in [5, 5.41) is 26.6. The second-order valence-electron chi connectivity index (χ2n) is 9.45. The molecule has 1 saturated heterocycles. The van der Waals surface area contributed by atoms with Gasteiger partial charge in [0.05, 0.1) is 50.0 Å². The van der Waals surface area contributed by atoms with Crippen LogP contribution in [0.2, 0.25) is 0 Å². The summed E-state index contributed by atoms with van der Waals surface area (Å²) in [6.07, 6.45) is 2.45.